The molecular formula is C55H62N7O4Tl. The molecule has 6 bridgehead atoms. The summed E-state index contributed by atoms with van der Waals surface area (Å²) in [5.41, 5.74) is 7.16. The number of fused-ring (bicyclic) bond motifs is 13. The first kappa shape index (κ1) is 51.5. The molecule has 0 saturated carbocycles. The quantitative estimate of drug-likeness (QED) is 0.176. The zero-order chi connectivity index (χ0) is 49.5. The number of amidine groups is 3. The summed E-state index contributed by atoms with van der Waals surface area (Å²) < 4.78 is 17.4. The molecule has 0 amide bonds. The fourth-order valence-electron chi connectivity index (χ4n) is 6.92. The molecule has 344 valence electrons. The van der Waals surface area contributed by atoms with E-state index in [0.29, 0.717) is 73.5 Å². The topological polar surface area (TPSA) is 127 Å². The molecule has 1 unspecified atom stereocenters. The summed E-state index contributed by atoms with van der Waals surface area (Å²) in [6, 6.07) is 20.1. The van der Waals surface area contributed by atoms with Gasteiger partial charge in [0.2, 0.25) is 0 Å². The minimum absolute atomic E-state index is 0.0518. The van der Waals surface area contributed by atoms with E-state index in [4.69, 9.17) is 34.4 Å². The predicted octanol–water partition coefficient (Wildman–Crippen LogP) is 12.7. The van der Waals surface area contributed by atoms with Crippen LogP contribution in [0.2, 0.25) is 0 Å². The normalized spacial score (nSPS) is 17.0. The summed E-state index contributed by atoms with van der Waals surface area (Å²) in [4.78, 5) is 37.6. The SMILES string of the molecule is C=CC1=C(C=C)/C2=N/c3c4ccccc4cn3C3Oc4ccc(C(=O)O)cc4O/C3=C3/N=C(N=c4c(C=C)c(C=C)c([n]4[Tl])=NC1=N2)c1ccccc13.CC.CC.CC(C)(C)C.CC(C)(C)C. The van der Waals surface area contributed by atoms with Crippen molar-refractivity contribution in [3.05, 3.63) is 167 Å². The second-order valence-electron chi connectivity index (χ2n) is 18.3. The zero-order valence-corrected chi connectivity index (χ0v) is 45.5. The van der Waals surface area contributed by atoms with Gasteiger partial charge in [0.05, 0.1) is 0 Å². The minimum atomic E-state index is -1.09. The van der Waals surface area contributed by atoms with E-state index in [1.807, 2.05) is 89.4 Å². The van der Waals surface area contributed by atoms with Gasteiger partial charge in [0.15, 0.2) is 0 Å². The van der Waals surface area contributed by atoms with Gasteiger partial charge in [0.1, 0.15) is 0 Å². The van der Waals surface area contributed by atoms with Crippen LogP contribution in [-0.4, -0.2) is 61.6 Å². The van der Waals surface area contributed by atoms with E-state index in [-0.39, 0.29) is 37.4 Å². The smallest absolute Gasteiger partial charge is 0.0411 e. The fourth-order valence-corrected chi connectivity index (χ4v) is 8.45. The van der Waals surface area contributed by atoms with E-state index in [1.54, 1.807) is 30.4 Å². The van der Waals surface area contributed by atoms with Gasteiger partial charge in [-0.15, -0.1) is 0 Å². The summed E-state index contributed by atoms with van der Waals surface area (Å²) in [6.45, 7) is 41.9. The molecule has 6 heterocycles. The molecular weight excluding hydrogens is 1030 g/mol. The van der Waals surface area contributed by atoms with Gasteiger partial charge in [-0.1, -0.05) is 83.1 Å². The molecule has 0 spiro atoms. The third-order valence-corrected chi connectivity index (χ3v) is 11.3. The second-order valence-corrected chi connectivity index (χ2v) is 20.3. The molecule has 11 nitrogen and oxygen atoms in total. The molecule has 3 aromatic carbocycles. The number of ether oxygens (including phenoxy) is 2. The molecule has 4 aliphatic rings. The van der Waals surface area contributed by atoms with Crippen LogP contribution in [0.4, 0.5) is 5.82 Å². The van der Waals surface area contributed by atoms with Crippen LogP contribution >= 0.6 is 0 Å². The summed E-state index contributed by atoms with van der Waals surface area (Å²) in [6.07, 6.45) is 7.89. The van der Waals surface area contributed by atoms with Gasteiger partial charge in [-0.05, 0) is 10.8 Å². The minimum Gasteiger partial charge on any atom is -0.0683 e. The Kier molecular flexibility index (Phi) is 16.5. The van der Waals surface area contributed by atoms with Gasteiger partial charge < -0.3 is 5.11 Å². The number of nitrogens with zero attached hydrogens (tertiary/aromatic N) is 7. The molecule has 0 aliphatic carbocycles. The molecule has 9 rings (SSSR count). The van der Waals surface area contributed by atoms with E-state index in [9.17, 15) is 9.90 Å². The fraction of sp³-hybridized carbons (Fsp3) is 0.273. The average molecular weight is 1090 g/mol. The Hall–Kier alpha value is -6.48. The van der Waals surface area contributed by atoms with Gasteiger partial charge in [0.25, 0.3) is 0 Å². The Labute approximate surface area is 411 Å². The summed E-state index contributed by atoms with van der Waals surface area (Å²) in [7, 11) is 0. The van der Waals surface area contributed by atoms with E-state index < -0.39 is 12.2 Å². The van der Waals surface area contributed by atoms with Gasteiger partial charge >= 0.3 is 310 Å². The Morgan fingerprint density at radius 1 is 0.672 bits per heavy atom. The standard InChI is InChI=1S/C41H27N7O4.2C5H12.2C2H6.Tl/c1-5-23-24(6-2)36-44-34(23)43-35-25(7-3)26(8-4)37(45-35)47-39-27-14-10-9-13-22(27)20-48(39)40-33(32-28-15-11-12-16-29(28)38(42-32)46-36)51-31-19-21(41(49)50)17-18-30(31)52-40;2*1-5(2,3)4;2*1-2;/h5-20,40H,1-4H2,(H2,42,43,44,45,46,47,49,50);2*1-4H3;2*1-2H3;/q;;;;;+1/p-1/b33-32+;;;;;. The first-order chi connectivity index (χ1) is 31.8. The van der Waals surface area contributed by atoms with Gasteiger partial charge in [-0.25, -0.2) is 4.79 Å². The Bertz CT molecular complexity index is 3040. The van der Waals surface area contributed by atoms with E-state index in [0.717, 1.165) is 33.0 Å². The van der Waals surface area contributed by atoms with Crippen LogP contribution in [0.25, 0.3) is 28.6 Å². The maximum absolute atomic E-state index is 12.0. The van der Waals surface area contributed by atoms with Crippen LogP contribution in [0.3, 0.4) is 0 Å². The first-order valence-electron chi connectivity index (χ1n) is 22.5. The monoisotopic (exact) mass is 1090 g/mol. The Balaban J connectivity index is 0.000000535. The van der Waals surface area contributed by atoms with Crippen molar-refractivity contribution in [1.29, 1.82) is 0 Å². The summed E-state index contributed by atoms with van der Waals surface area (Å²) >= 11 is 0.220. The van der Waals surface area contributed by atoms with Crippen molar-refractivity contribution in [3.8, 4) is 11.5 Å². The molecule has 4 aliphatic heterocycles. The molecule has 2 aromatic heterocycles. The molecule has 12 heteroatoms. The van der Waals surface area contributed by atoms with E-state index in [1.165, 1.54) is 12.1 Å². The number of hydrogen-bond donors (Lipinski definition) is 1. The molecule has 67 heavy (non-hydrogen) atoms. The van der Waals surface area contributed by atoms with Crippen molar-refractivity contribution in [3.63, 3.8) is 0 Å². The second kappa shape index (κ2) is 21.4. The molecule has 5 aromatic rings. The average Bonchev–Trinajstić information content (AvgIpc) is 4.02. The third kappa shape index (κ3) is 11.2. The molecule has 0 radical (unpaired) electrons. The molecule has 1 N–H and O–H groups in total. The molecule has 0 saturated heterocycles. The number of aromatic nitrogens is 2. The van der Waals surface area contributed by atoms with E-state index >= 15 is 0 Å². The van der Waals surface area contributed by atoms with Gasteiger partial charge in [-0.3, -0.25) is 0 Å². The summed E-state index contributed by atoms with van der Waals surface area (Å²) in [5.74, 6) is 1.60. The molecule has 1 atom stereocenters. The Morgan fingerprint density at radius 2 is 1.19 bits per heavy atom. The third-order valence-electron chi connectivity index (χ3n) is 9.39. The van der Waals surface area contributed by atoms with Crippen molar-refractivity contribution in [1.82, 2.24) is 6.94 Å². The molecule has 0 fully saturated rings. The zero-order valence-electron chi connectivity index (χ0n) is 41.0. The maximum Gasteiger partial charge on any atom is -0.0411 e. The van der Waals surface area contributed by atoms with Crippen molar-refractivity contribution in [2.75, 3.05) is 0 Å². The number of carbonyl (C=O) groups is 1. The van der Waals surface area contributed by atoms with Crippen LogP contribution in [0, 0.1) is 10.8 Å². The van der Waals surface area contributed by atoms with Gasteiger partial charge in [0, 0.05) is 0 Å². The van der Waals surface area contributed by atoms with Crippen LogP contribution in [0.15, 0.2) is 153 Å². The number of rotatable bonds is 5. The maximum atomic E-state index is 12.0. The van der Waals surface area contributed by atoms with Crippen LogP contribution < -0.4 is 20.4 Å². The van der Waals surface area contributed by atoms with E-state index in [2.05, 4.69) is 81.7 Å². The number of hydrogen-bond acceptors (Lipinski definition) is 8. The summed E-state index contributed by atoms with van der Waals surface area (Å²) in [5, 5.41) is 11.6. The van der Waals surface area contributed by atoms with Crippen LogP contribution in [0.5, 0.6) is 11.5 Å². The number of aliphatic imine (C=N–C) groups is 3. The Morgan fingerprint density at radius 3 is 1.75 bits per heavy atom. The number of benzene rings is 3. The van der Waals surface area contributed by atoms with Crippen LogP contribution in [-0.2, 0) is 0 Å². The van der Waals surface area contributed by atoms with Crippen LogP contribution in [0.1, 0.15) is 122 Å². The number of carboxylic acids is 1. The first-order valence-corrected chi connectivity index (χ1v) is 24.5. The number of carboxylic acid groups (broad SMARTS) is 1. The van der Waals surface area contributed by atoms with Gasteiger partial charge in [-0.2, -0.15) is 0 Å². The van der Waals surface area contributed by atoms with Crippen molar-refractivity contribution in [2.45, 2.75) is 89.3 Å². The number of aromatic carboxylic acids is 1. The van der Waals surface area contributed by atoms with Crippen molar-refractivity contribution < 1.29 is 19.4 Å². The predicted molar refractivity (Wildman–Crippen MR) is 279 cm³/mol. The van der Waals surface area contributed by atoms with Crippen molar-refractivity contribution >= 4 is 84.0 Å². The largest absolute Gasteiger partial charge is 0.0683 e. The van der Waals surface area contributed by atoms with Crippen molar-refractivity contribution in [2.24, 2.45) is 35.8 Å².